The summed E-state index contributed by atoms with van der Waals surface area (Å²) in [6.07, 6.45) is -3.29. The molecule has 1 fully saturated rings. The Morgan fingerprint density at radius 2 is 1.96 bits per heavy atom. The van der Waals surface area contributed by atoms with Gasteiger partial charge in [-0.3, -0.25) is 0 Å². The van der Waals surface area contributed by atoms with Crippen LogP contribution in [0.25, 0.3) is 0 Å². The molecular weight excluding hydrogens is 383 g/mol. The van der Waals surface area contributed by atoms with Crippen LogP contribution in [0.5, 0.6) is 0 Å². The lowest BCUT2D eigenvalue weighted by molar-refractivity contribution is -0.137. The first kappa shape index (κ1) is 17.7. The van der Waals surface area contributed by atoms with Gasteiger partial charge in [-0.2, -0.15) is 28.8 Å². The normalized spacial score (nSPS) is 15.9. The average Bonchev–Trinajstić information content (AvgIpc) is 3.19. The van der Waals surface area contributed by atoms with Crippen LogP contribution in [0.15, 0.2) is 39.9 Å². The van der Waals surface area contributed by atoms with Gasteiger partial charge < -0.3 is 0 Å². The predicted octanol–water partition coefficient (Wildman–Crippen LogP) is 4.77. The minimum absolute atomic E-state index is 0.153. The average molecular weight is 396 g/mol. The van der Waals surface area contributed by atoms with Crippen molar-refractivity contribution in [1.29, 1.82) is 0 Å². The van der Waals surface area contributed by atoms with Crippen molar-refractivity contribution in [2.75, 3.05) is 0 Å². The van der Waals surface area contributed by atoms with Crippen LogP contribution in [0.3, 0.4) is 0 Å². The maximum atomic E-state index is 13.0. The van der Waals surface area contributed by atoms with Gasteiger partial charge in [0.2, 0.25) is 10.0 Å². The van der Waals surface area contributed by atoms with Crippen LogP contribution in [0, 0.1) is 0 Å². The Kier molecular flexibility index (Phi) is 4.67. The first-order valence-corrected chi connectivity index (χ1v) is 9.85. The molecule has 130 valence electrons. The van der Waals surface area contributed by atoms with Crippen molar-refractivity contribution in [2.24, 2.45) is 0 Å². The molecule has 0 N–H and O–H groups in total. The number of alkyl halides is 3. The highest BCUT2D eigenvalue weighted by atomic mass is 35.5. The maximum Gasteiger partial charge on any atom is 0.417 e. The third kappa shape index (κ3) is 3.61. The molecule has 0 unspecified atom stereocenters. The molecule has 2 aromatic rings. The van der Waals surface area contributed by atoms with Crippen LogP contribution in [-0.4, -0.2) is 18.8 Å². The van der Waals surface area contributed by atoms with E-state index in [9.17, 15) is 21.6 Å². The summed E-state index contributed by atoms with van der Waals surface area (Å²) in [7, 11) is -4.03. The fraction of sp³-hybridized carbons (Fsp3) is 0.333. The standard InChI is InChI=1S/C15H13ClF3NO2S2/c16-14-4-3-12(7-13(14)15(17,18)19)24(21,22)20(11-1-2-11)8-10-5-6-23-9-10/h3-7,9,11H,1-2,8H2. The van der Waals surface area contributed by atoms with Gasteiger partial charge in [0.25, 0.3) is 0 Å². The fourth-order valence-corrected chi connectivity index (χ4v) is 4.94. The molecule has 0 amide bonds. The zero-order valence-electron chi connectivity index (χ0n) is 12.3. The molecule has 1 heterocycles. The SMILES string of the molecule is O=S(=O)(c1ccc(Cl)c(C(F)(F)F)c1)N(Cc1ccsc1)C1CC1. The summed E-state index contributed by atoms with van der Waals surface area (Å²) in [6.45, 7) is 0.153. The Bertz CT molecular complexity index is 831. The molecule has 0 radical (unpaired) electrons. The Hall–Kier alpha value is -1.09. The van der Waals surface area contributed by atoms with Crippen molar-refractivity contribution >= 4 is 33.0 Å². The molecule has 3 rings (SSSR count). The molecule has 0 spiro atoms. The van der Waals surface area contributed by atoms with E-state index in [-0.39, 0.29) is 17.5 Å². The van der Waals surface area contributed by atoms with Crippen LogP contribution in [-0.2, 0) is 22.7 Å². The first-order valence-electron chi connectivity index (χ1n) is 7.09. The monoisotopic (exact) mass is 395 g/mol. The van der Waals surface area contributed by atoms with Crippen LogP contribution >= 0.6 is 22.9 Å². The van der Waals surface area contributed by atoms with Gasteiger partial charge in [-0.25, -0.2) is 8.42 Å². The van der Waals surface area contributed by atoms with Gasteiger partial charge in [-0.15, -0.1) is 0 Å². The highest BCUT2D eigenvalue weighted by Crippen LogP contribution is 2.38. The number of sulfonamides is 1. The van der Waals surface area contributed by atoms with Gasteiger partial charge in [0, 0.05) is 12.6 Å². The molecule has 1 aliphatic carbocycles. The van der Waals surface area contributed by atoms with Crippen LogP contribution in [0.1, 0.15) is 24.0 Å². The summed E-state index contributed by atoms with van der Waals surface area (Å²) in [5.74, 6) is 0. The number of thiophene rings is 1. The molecule has 3 nitrogen and oxygen atoms in total. The van der Waals surface area contributed by atoms with E-state index in [1.54, 1.807) is 6.07 Å². The summed E-state index contributed by atoms with van der Waals surface area (Å²) in [5, 5.41) is 3.14. The summed E-state index contributed by atoms with van der Waals surface area (Å²) in [5.41, 5.74) is -0.322. The third-order valence-electron chi connectivity index (χ3n) is 3.72. The molecular formula is C15H13ClF3NO2S2. The second-order valence-electron chi connectivity index (χ2n) is 5.55. The second-order valence-corrected chi connectivity index (χ2v) is 8.63. The Morgan fingerprint density at radius 1 is 1.25 bits per heavy atom. The number of hydrogen-bond acceptors (Lipinski definition) is 3. The van der Waals surface area contributed by atoms with Crippen molar-refractivity contribution in [3.8, 4) is 0 Å². The van der Waals surface area contributed by atoms with Gasteiger partial charge in [0.05, 0.1) is 15.5 Å². The quantitative estimate of drug-likeness (QED) is 0.731. The van der Waals surface area contributed by atoms with E-state index in [0.717, 1.165) is 17.7 Å². The molecule has 0 atom stereocenters. The van der Waals surface area contributed by atoms with Gasteiger partial charge in [-0.05, 0) is 53.4 Å². The van der Waals surface area contributed by atoms with E-state index >= 15 is 0 Å². The molecule has 1 aromatic heterocycles. The Balaban J connectivity index is 1.99. The number of nitrogens with zero attached hydrogens (tertiary/aromatic N) is 1. The van der Waals surface area contributed by atoms with Crippen molar-refractivity contribution in [3.05, 3.63) is 51.2 Å². The number of halogens is 4. The van der Waals surface area contributed by atoms with E-state index < -0.39 is 26.8 Å². The van der Waals surface area contributed by atoms with Gasteiger partial charge in [0.15, 0.2) is 0 Å². The van der Waals surface area contributed by atoms with Crippen molar-refractivity contribution in [3.63, 3.8) is 0 Å². The van der Waals surface area contributed by atoms with Gasteiger partial charge >= 0.3 is 6.18 Å². The smallest absolute Gasteiger partial charge is 0.207 e. The first-order chi connectivity index (χ1) is 11.2. The maximum absolute atomic E-state index is 13.0. The lowest BCUT2D eigenvalue weighted by atomic mass is 10.2. The van der Waals surface area contributed by atoms with Crippen molar-refractivity contribution in [2.45, 2.75) is 36.5 Å². The van der Waals surface area contributed by atoms with Crippen molar-refractivity contribution in [1.82, 2.24) is 4.31 Å². The minimum atomic E-state index is -4.71. The van der Waals surface area contributed by atoms with Gasteiger partial charge in [0.1, 0.15) is 0 Å². The number of benzene rings is 1. The fourth-order valence-electron chi connectivity index (χ4n) is 2.35. The molecule has 1 aromatic carbocycles. The van der Waals surface area contributed by atoms with Crippen LogP contribution in [0.2, 0.25) is 5.02 Å². The summed E-state index contributed by atoms with van der Waals surface area (Å²) in [6, 6.07) is 4.35. The lowest BCUT2D eigenvalue weighted by Crippen LogP contribution is -2.32. The molecule has 1 saturated carbocycles. The lowest BCUT2D eigenvalue weighted by Gasteiger charge is -2.22. The zero-order valence-corrected chi connectivity index (χ0v) is 14.6. The van der Waals surface area contributed by atoms with E-state index in [4.69, 9.17) is 11.6 Å². The topological polar surface area (TPSA) is 37.4 Å². The van der Waals surface area contributed by atoms with E-state index in [1.807, 2.05) is 10.8 Å². The van der Waals surface area contributed by atoms with E-state index in [2.05, 4.69) is 0 Å². The number of hydrogen-bond donors (Lipinski definition) is 0. The summed E-state index contributed by atoms with van der Waals surface area (Å²) >= 11 is 7.01. The Labute approximate surface area is 146 Å². The third-order valence-corrected chi connectivity index (χ3v) is 6.68. The van der Waals surface area contributed by atoms with Crippen LogP contribution in [0.4, 0.5) is 13.2 Å². The number of rotatable bonds is 5. The molecule has 1 aliphatic rings. The zero-order chi connectivity index (χ0) is 17.5. The van der Waals surface area contributed by atoms with Gasteiger partial charge in [-0.1, -0.05) is 11.6 Å². The summed E-state index contributed by atoms with van der Waals surface area (Å²) in [4.78, 5) is -0.388. The largest absolute Gasteiger partial charge is 0.417 e. The molecule has 0 aliphatic heterocycles. The van der Waals surface area contributed by atoms with E-state index in [1.165, 1.54) is 15.6 Å². The summed E-state index contributed by atoms with van der Waals surface area (Å²) < 4.78 is 66.0. The minimum Gasteiger partial charge on any atom is -0.207 e. The highest BCUT2D eigenvalue weighted by molar-refractivity contribution is 7.89. The molecule has 9 heteroatoms. The molecule has 0 saturated heterocycles. The predicted molar refractivity (Wildman–Crippen MR) is 86.5 cm³/mol. The molecule has 24 heavy (non-hydrogen) atoms. The second kappa shape index (κ2) is 6.33. The van der Waals surface area contributed by atoms with Crippen molar-refractivity contribution < 1.29 is 21.6 Å². The highest BCUT2D eigenvalue weighted by Gasteiger charge is 2.40. The Morgan fingerprint density at radius 3 is 2.50 bits per heavy atom. The molecule has 0 bridgehead atoms. The van der Waals surface area contributed by atoms with Crippen LogP contribution < -0.4 is 0 Å². The van der Waals surface area contributed by atoms with E-state index in [0.29, 0.717) is 18.9 Å².